The number of rotatable bonds is 7. The van der Waals surface area contributed by atoms with Crippen molar-refractivity contribution in [3.05, 3.63) is 61.8 Å². The van der Waals surface area contributed by atoms with Crippen LogP contribution in [0.5, 0.6) is 0 Å². The summed E-state index contributed by atoms with van der Waals surface area (Å²) in [5, 5.41) is 0. The maximum absolute atomic E-state index is 12.6. The van der Waals surface area contributed by atoms with Gasteiger partial charge in [-0.25, -0.2) is 4.79 Å². The third-order valence-electron chi connectivity index (χ3n) is 4.22. The number of nitrogens with two attached hydrogens (primary N) is 1. The number of quaternary nitrogens is 1. The van der Waals surface area contributed by atoms with Gasteiger partial charge in [0.25, 0.3) is 5.56 Å². The molecule has 4 N–H and O–H groups in total. The van der Waals surface area contributed by atoms with Crippen molar-refractivity contribution >= 4 is 11.6 Å². The zero-order valence-corrected chi connectivity index (χ0v) is 15.5. The summed E-state index contributed by atoms with van der Waals surface area (Å²) in [6.45, 7) is 2.24. The number of carbonyl (C=O) groups excluding carboxylic acids is 1. The van der Waals surface area contributed by atoms with Gasteiger partial charge in [0.15, 0.2) is 0 Å². The molecule has 1 atom stereocenters. The summed E-state index contributed by atoms with van der Waals surface area (Å²) in [6.07, 6.45) is -3.82. The Labute approximate surface area is 158 Å². The van der Waals surface area contributed by atoms with Crippen LogP contribution in [0.4, 0.5) is 19.0 Å². The van der Waals surface area contributed by atoms with Crippen LogP contribution in [-0.2, 0) is 19.3 Å². The molecule has 1 unspecified atom stereocenters. The summed E-state index contributed by atoms with van der Waals surface area (Å²) < 4.78 is 39.0. The highest BCUT2D eigenvalue weighted by atomic mass is 19.4. The van der Waals surface area contributed by atoms with E-state index in [1.807, 2.05) is 6.92 Å². The molecule has 0 aliphatic carbocycles. The lowest BCUT2D eigenvalue weighted by molar-refractivity contribution is -0.884. The van der Waals surface area contributed by atoms with E-state index in [1.54, 1.807) is 7.05 Å². The Hall–Kier alpha value is -2.88. The van der Waals surface area contributed by atoms with Crippen LogP contribution in [0, 0.1) is 0 Å². The number of nitrogen functional groups attached to an aromatic ring is 1. The largest absolute Gasteiger partial charge is 0.416 e. The lowest BCUT2D eigenvalue weighted by atomic mass is 10.1. The molecule has 0 spiro atoms. The van der Waals surface area contributed by atoms with Gasteiger partial charge in [-0.05, 0) is 18.6 Å². The number of benzene rings is 1. The average Bonchev–Trinajstić information content (AvgIpc) is 2.57. The van der Waals surface area contributed by atoms with Gasteiger partial charge < -0.3 is 10.6 Å². The number of ketones is 1. The Morgan fingerprint density at radius 3 is 2.36 bits per heavy atom. The second-order valence-electron chi connectivity index (χ2n) is 6.60. The normalized spacial score (nSPS) is 12.8. The van der Waals surface area contributed by atoms with E-state index in [-0.39, 0.29) is 31.0 Å². The SMILES string of the molecule is CCCn1c(N)c(C(=O)C[NH+](C)Cc2ccc(C(F)(F)F)cc2)c(=O)[nH]c1=O. The molecular weight excluding hydrogens is 377 g/mol. The number of halogens is 3. The summed E-state index contributed by atoms with van der Waals surface area (Å²) in [5.74, 6) is -0.726. The number of alkyl halides is 3. The molecule has 2 rings (SSSR count). The van der Waals surface area contributed by atoms with Gasteiger partial charge >= 0.3 is 11.9 Å². The second kappa shape index (κ2) is 8.42. The fourth-order valence-electron chi connectivity index (χ4n) is 2.89. The topological polar surface area (TPSA) is 102 Å². The van der Waals surface area contributed by atoms with E-state index in [2.05, 4.69) is 4.98 Å². The van der Waals surface area contributed by atoms with Crippen molar-refractivity contribution in [2.45, 2.75) is 32.6 Å². The van der Waals surface area contributed by atoms with Crippen LogP contribution < -0.4 is 21.9 Å². The number of hydrogen-bond donors (Lipinski definition) is 3. The standard InChI is InChI=1S/C18H21F3N4O3/c1-3-8-25-15(22)14(16(27)23-17(25)28)13(26)10-24(2)9-11-4-6-12(7-5-11)18(19,20)21/h4-7H,3,8-10,22H2,1-2H3,(H,23,27,28)/p+1. The van der Waals surface area contributed by atoms with E-state index < -0.39 is 28.8 Å². The first-order valence-corrected chi connectivity index (χ1v) is 8.67. The Morgan fingerprint density at radius 1 is 1.21 bits per heavy atom. The predicted molar refractivity (Wildman–Crippen MR) is 97.3 cm³/mol. The number of H-pyrrole nitrogens is 1. The average molecular weight is 399 g/mol. The van der Waals surface area contributed by atoms with Gasteiger partial charge in [0, 0.05) is 12.1 Å². The minimum absolute atomic E-state index is 0.112. The van der Waals surface area contributed by atoms with E-state index in [9.17, 15) is 27.6 Å². The Morgan fingerprint density at radius 2 is 1.82 bits per heavy atom. The van der Waals surface area contributed by atoms with Crippen molar-refractivity contribution in [2.75, 3.05) is 19.3 Å². The van der Waals surface area contributed by atoms with E-state index in [0.29, 0.717) is 16.9 Å². The molecule has 0 aliphatic rings. The number of nitrogens with one attached hydrogen (secondary N) is 2. The van der Waals surface area contributed by atoms with Crippen molar-refractivity contribution in [3.8, 4) is 0 Å². The smallest absolute Gasteiger partial charge is 0.384 e. The van der Waals surface area contributed by atoms with Gasteiger partial charge in [0.1, 0.15) is 24.5 Å². The molecule has 152 valence electrons. The number of likely N-dealkylation sites (N-methyl/N-ethyl adjacent to an activating group) is 1. The predicted octanol–water partition coefficient (Wildman–Crippen LogP) is 0.445. The third kappa shape index (κ3) is 4.89. The van der Waals surface area contributed by atoms with Gasteiger partial charge in [-0.3, -0.25) is 19.1 Å². The van der Waals surface area contributed by atoms with Crippen molar-refractivity contribution in [1.29, 1.82) is 0 Å². The zero-order valence-electron chi connectivity index (χ0n) is 15.5. The van der Waals surface area contributed by atoms with Crippen LogP contribution in [0.2, 0.25) is 0 Å². The quantitative estimate of drug-likeness (QED) is 0.588. The molecule has 1 aromatic carbocycles. The van der Waals surface area contributed by atoms with Crippen LogP contribution in [0.1, 0.15) is 34.8 Å². The number of nitrogens with zero attached hydrogens (tertiary/aromatic N) is 1. The molecule has 0 aliphatic heterocycles. The summed E-state index contributed by atoms with van der Waals surface area (Å²) in [5.41, 5.74) is 3.93. The molecule has 7 nitrogen and oxygen atoms in total. The monoisotopic (exact) mass is 399 g/mol. The minimum Gasteiger partial charge on any atom is -0.384 e. The number of Topliss-reactive ketones (excluding diaryl/α,β-unsaturated/α-hetero) is 1. The van der Waals surface area contributed by atoms with Crippen molar-refractivity contribution in [3.63, 3.8) is 0 Å². The van der Waals surface area contributed by atoms with Crippen molar-refractivity contribution in [1.82, 2.24) is 9.55 Å². The van der Waals surface area contributed by atoms with Crippen molar-refractivity contribution in [2.24, 2.45) is 0 Å². The Bertz CT molecular complexity index is 962. The summed E-state index contributed by atoms with van der Waals surface area (Å²) in [6, 6.07) is 4.65. The number of hydrogen-bond acceptors (Lipinski definition) is 4. The maximum Gasteiger partial charge on any atom is 0.416 e. The molecule has 0 saturated heterocycles. The molecule has 0 fully saturated rings. The lowest BCUT2D eigenvalue weighted by Gasteiger charge is -2.15. The fraction of sp³-hybridized carbons (Fsp3) is 0.389. The molecular formula is C18H22F3N4O3+. The number of carbonyl (C=O) groups is 1. The molecule has 0 bridgehead atoms. The Kier molecular flexibility index (Phi) is 6.45. The highest BCUT2D eigenvalue weighted by Crippen LogP contribution is 2.28. The number of aromatic amines is 1. The second-order valence-corrected chi connectivity index (χ2v) is 6.60. The van der Waals surface area contributed by atoms with Crippen LogP contribution in [0.3, 0.4) is 0 Å². The van der Waals surface area contributed by atoms with E-state index in [0.717, 1.165) is 16.7 Å². The lowest BCUT2D eigenvalue weighted by Crippen LogP contribution is -3.08. The molecule has 0 radical (unpaired) electrons. The zero-order chi connectivity index (χ0) is 21.1. The van der Waals surface area contributed by atoms with Gasteiger partial charge in [0.05, 0.1) is 12.6 Å². The van der Waals surface area contributed by atoms with E-state index >= 15 is 0 Å². The van der Waals surface area contributed by atoms with Gasteiger partial charge in [-0.1, -0.05) is 19.1 Å². The summed E-state index contributed by atoms with van der Waals surface area (Å²) in [4.78, 5) is 39.2. The van der Waals surface area contributed by atoms with Crippen LogP contribution in [-0.4, -0.2) is 28.9 Å². The van der Waals surface area contributed by atoms with Gasteiger partial charge in [-0.15, -0.1) is 0 Å². The number of aromatic nitrogens is 2. The van der Waals surface area contributed by atoms with Crippen molar-refractivity contribution < 1.29 is 22.9 Å². The first-order chi connectivity index (χ1) is 13.0. The molecule has 28 heavy (non-hydrogen) atoms. The first-order valence-electron chi connectivity index (χ1n) is 8.67. The van der Waals surface area contributed by atoms with Gasteiger partial charge in [0.2, 0.25) is 5.78 Å². The summed E-state index contributed by atoms with van der Waals surface area (Å²) >= 11 is 0. The van der Waals surface area contributed by atoms with Crippen LogP contribution >= 0.6 is 0 Å². The number of anilines is 1. The van der Waals surface area contributed by atoms with Crippen LogP contribution in [0.25, 0.3) is 0 Å². The summed E-state index contributed by atoms with van der Waals surface area (Å²) in [7, 11) is 1.67. The fourth-order valence-corrected chi connectivity index (χ4v) is 2.89. The first kappa shape index (κ1) is 21.4. The molecule has 0 amide bonds. The van der Waals surface area contributed by atoms with Crippen LogP contribution in [0.15, 0.2) is 33.9 Å². The van der Waals surface area contributed by atoms with Gasteiger partial charge in [-0.2, -0.15) is 13.2 Å². The third-order valence-corrected chi connectivity index (χ3v) is 4.22. The van der Waals surface area contributed by atoms with E-state index in [1.165, 1.54) is 12.1 Å². The van der Waals surface area contributed by atoms with E-state index in [4.69, 9.17) is 5.73 Å². The Balaban J connectivity index is 2.16. The molecule has 1 aromatic heterocycles. The molecule has 2 aromatic rings. The minimum atomic E-state index is -4.41. The molecule has 10 heteroatoms. The highest BCUT2D eigenvalue weighted by Gasteiger charge is 2.30. The maximum atomic E-state index is 12.6. The highest BCUT2D eigenvalue weighted by molar-refractivity contribution is 6.00. The molecule has 1 heterocycles. The molecule has 0 saturated carbocycles.